The molecule has 28 heavy (non-hydrogen) atoms. The van der Waals surface area contributed by atoms with Crippen molar-refractivity contribution < 1.29 is 4.79 Å². The fraction of sp³-hybridized carbons (Fsp3) is 0.524. The Morgan fingerprint density at radius 2 is 1.93 bits per heavy atom. The van der Waals surface area contributed by atoms with E-state index >= 15 is 0 Å². The molecule has 1 fully saturated rings. The Bertz CT molecular complexity index is 757. The van der Waals surface area contributed by atoms with Gasteiger partial charge in [0, 0.05) is 62.4 Å². The van der Waals surface area contributed by atoms with E-state index in [1.807, 2.05) is 50.2 Å². The lowest BCUT2D eigenvalue weighted by molar-refractivity contribution is -0.129. The normalized spacial score (nSPS) is 15.5. The number of hydrogen-bond donors (Lipinski definition) is 0. The maximum absolute atomic E-state index is 12.6. The molecule has 0 saturated carbocycles. The highest BCUT2D eigenvalue weighted by Gasteiger charge is 2.25. The van der Waals surface area contributed by atoms with Gasteiger partial charge in [0.05, 0.1) is 5.75 Å². The summed E-state index contributed by atoms with van der Waals surface area (Å²) in [4.78, 5) is 30.2. The number of aryl methyl sites for hydroxylation is 2. The highest BCUT2D eigenvalue weighted by molar-refractivity contribution is 7.99. The predicted octanol–water partition coefficient (Wildman–Crippen LogP) is 2.75. The lowest BCUT2D eigenvalue weighted by atomic mass is 10.0. The topological polar surface area (TPSA) is 62.2 Å². The van der Waals surface area contributed by atoms with Crippen LogP contribution in [0.15, 0.2) is 35.6 Å². The van der Waals surface area contributed by atoms with Gasteiger partial charge < -0.3 is 9.80 Å². The number of hydrogen-bond acceptors (Lipinski definition) is 6. The number of carbonyl (C=O) groups excluding carboxylic acids is 1. The largest absolute Gasteiger partial charge is 0.342 e. The van der Waals surface area contributed by atoms with E-state index in [0.29, 0.717) is 17.0 Å². The Morgan fingerprint density at radius 1 is 1.21 bits per heavy atom. The maximum Gasteiger partial charge on any atom is 0.233 e. The van der Waals surface area contributed by atoms with Gasteiger partial charge in [-0.1, -0.05) is 17.8 Å². The van der Waals surface area contributed by atoms with Gasteiger partial charge in [-0.2, -0.15) is 0 Å². The second-order valence-corrected chi connectivity index (χ2v) is 8.31. The molecule has 150 valence electrons. The average Bonchev–Trinajstić information content (AvgIpc) is 2.70. The van der Waals surface area contributed by atoms with E-state index in [1.54, 1.807) is 0 Å². The van der Waals surface area contributed by atoms with Crippen LogP contribution in [0, 0.1) is 13.8 Å². The first-order chi connectivity index (χ1) is 13.5. The number of nitrogens with zero attached hydrogens (tertiary/aromatic N) is 5. The van der Waals surface area contributed by atoms with Gasteiger partial charge in [0.25, 0.3) is 0 Å². The lowest BCUT2D eigenvalue weighted by Gasteiger charge is -2.36. The third-order valence-corrected chi connectivity index (χ3v) is 6.03. The summed E-state index contributed by atoms with van der Waals surface area (Å²) in [6.45, 7) is 6.99. The minimum atomic E-state index is 0.152. The molecule has 0 spiro atoms. The molecular weight excluding hydrogens is 370 g/mol. The number of thioether (sulfide) groups is 1. The van der Waals surface area contributed by atoms with Gasteiger partial charge in [-0.05, 0) is 44.9 Å². The van der Waals surface area contributed by atoms with Crippen molar-refractivity contribution in [3.8, 4) is 0 Å². The first kappa shape index (κ1) is 20.7. The summed E-state index contributed by atoms with van der Waals surface area (Å²) in [5.74, 6) is 0.541. The summed E-state index contributed by atoms with van der Waals surface area (Å²) < 4.78 is 0. The predicted molar refractivity (Wildman–Crippen MR) is 112 cm³/mol. The number of pyridine rings is 1. The van der Waals surface area contributed by atoms with Crippen LogP contribution in [0.2, 0.25) is 0 Å². The van der Waals surface area contributed by atoms with E-state index in [-0.39, 0.29) is 5.91 Å². The van der Waals surface area contributed by atoms with E-state index in [9.17, 15) is 4.79 Å². The van der Waals surface area contributed by atoms with Crippen molar-refractivity contribution in [2.45, 2.75) is 44.3 Å². The van der Waals surface area contributed by atoms with E-state index in [2.05, 4.69) is 25.9 Å². The molecule has 0 atom stereocenters. The smallest absolute Gasteiger partial charge is 0.233 e. The van der Waals surface area contributed by atoms with Crippen LogP contribution < -0.4 is 0 Å². The quantitative estimate of drug-likeness (QED) is 0.527. The van der Waals surface area contributed by atoms with Crippen molar-refractivity contribution in [3.05, 3.63) is 47.5 Å². The number of amides is 1. The Hall–Kier alpha value is -1.99. The van der Waals surface area contributed by atoms with Crippen LogP contribution in [0.3, 0.4) is 0 Å². The molecule has 1 aliphatic heterocycles. The Morgan fingerprint density at radius 3 is 2.57 bits per heavy atom. The summed E-state index contributed by atoms with van der Waals surface area (Å²) in [6, 6.07) is 8.33. The standard InChI is InChI=1S/C21H29N5OS/c1-16-14-17(2)24-21(23-16)28-15-20(27)25(3)19-8-12-26(13-9-19)11-7-18-6-4-5-10-22-18/h4-6,10,14,19H,7-9,11-13,15H2,1-3H3. The molecule has 0 unspecified atom stereocenters. The number of aromatic nitrogens is 3. The molecule has 2 aromatic heterocycles. The van der Waals surface area contributed by atoms with Gasteiger partial charge in [0.2, 0.25) is 5.91 Å². The van der Waals surface area contributed by atoms with E-state index in [0.717, 1.165) is 56.0 Å². The zero-order chi connectivity index (χ0) is 19.9. The molecule has 0 N–H and O–H groups in total. The molecule has 1 saturated heterocycles. The summed E-state index contributed by atoms with van der Waals surface area (Å²) in [5, 5.41) is 0.684. The highest BCUT2D eigenvalue weighted by atomic mass is 32.2. The number of piperidine rings is 1. The van der Waals surface area contributed by atoms with Gasteiger partial charge in [0.15, 0.2) is 5.16 Å². The Balaban J connectivity index is 1.41. The summed E-state index contributed by atoms with van der Waals surface area (Å²) in [5.41, 5.74) is 3.02. The van der Waals surface area contributed by atoms with Crippen LogP contribution in [-0.4, -0.2) is 69.1 Å². The summed E-state index contributed by atoms with van der Waals surface area (Å²) in [6.07, 6.45) is 4.88. The zero-order valence-corrected chi connectivity index (χ0v) is 17.8. The molecule has 3 heterocycles. The highest BCUT2D eigenvalue weighted by Crippen LogP contribution is 2.19. The summed E-state index contributed by atoms with van der Waals surface area (Å²) >= 11 is 1.42. The van der Waals surface area contributed by atoms with E-state index < -0.39 is 0 Å². The van der Waals surface area contributed by atoms with Crippen LogP contribution in [0.4, 0.5) is 0 Å². The van der Waals surface area contributed by atoms with Crippen LogP contribution in [0.5, 0.6) is 0 Å². The van der Waals surface area contributed by atoms with Crippen LogP contribution in [-0.2, 0) is 11.2 Å². The van der Waals surface area contributed by atoms with Crippen LogP contribution in [0.1, 0.15) is 29.9 Å². The molecule has 1 aliphatic rings. The van der Waals surface area contributed by atoms with Crippen LogP contribution in [0.25, 0.3) is 0 Å². The molecule has 3 rings (SSSR count). The number of rotatable bonds is 7. The van der Waals surface area contributed by atoms with Crippen molar-refractivity contribution >= 4 is 17.7 Å². The van der Waals surface area contributed by atoms with Crippen LogP contribution >= 0.6 is 11.8 Å². The van der Waals surface area contributed by atoms with Gasteiger partial charge in [0.1, 0.15) is 0 Å². The van der Waals surface area contributed by atoms with E-state index in [1.165, 1.54) is 11.8 Å². The molecule has 1 amide bonds. The second kappa shape index (κ2) is 9.98. The van der Waals surface area contributed by atoms with Gasteiger partial charge >= 0.3 is 0 Å². The molecule has 6 nitrogen and oxygen atoms in total. The monoisotopic (exact) mass is 399 g/mol. The summed E-state index contributed by atoms with van der Waals surface area (Å²) in [7, 11) is 1.93. The number of carbonyl (C=O) groups is 1. The molecule has 0 aliphatic carbocycles. The molecule has 0 aromatic carbocycles. The average molecular weight is 400 g/mol. The second-order valence-electron chi connectivity index (χ2n) is 7.37. The molecule has 0 radical (unpaired) electrons. The first-order valence-corrected chi connectivity index (χ1v) is 10.8. The van der Waals surface area contributed by atoms with Crippen molar-refractivity contribution in [1.29, 1.82) is 0 Å². The van der Waals surface area contributed by atoms with Gasteiger partial charge in [-0.25, -0.2) is 9.97 Å². The third kappa shape index (κ3) is 6.01. The van der Waals surface area contributed by atoms with Crippen molar-refractivity contribution in [3.63, 3.8) is 0 Å². The van der Waals surface area contributed by atoms with Gasteiger partial charge in [-0.3, -0.25) is 9.78 Å². The molecule has 0 bridgehead atoms. The Labute approximate surface area is 171 Å². The fourth-order valence-electron chi connectivity index (χ4n) is 3.54. The zero-order valence-electron chi connectivity index (χ0n) is 17.0. The van der Waals surface area contributed by atoms with E-state index in [4.69, 9.17) is 0 Å². The fourth-order valence-corrected chi connectivity index (χ4v) is 4.41. The number of likely N-dealkylation sites (tertiary alicyclic amines) is 1. The minimum absolute atomic E-state index is 0.152. The lowest BCUT2D eigenvalue weighted by Crippen LogP contribution is -2.46. The SMILES string of the molecule is Cc1cc(C)nc(SCC(=O)N(C)C2CCN(CCc3ccccn3)CC2)n1. The van der Waals surface area contributed by atoms with Crippen molar-refractivity contribution in [1.82, 2.24) is 24.8 Å². The molecule has 2 aromatic rings. The van der Waals surface area contributed by atoms with Crippen molar-refractivity contribution in [2.75, 3.05) is 32.4 Å². The molecule has 7 heteroatoms. The maximum atomic E-state index is 12.6. The van der Waals surface area contributed by atoms with Crippen molar-refractivity contribution in [2.24, 2.45) is 0 Å². The van der Waals surface area contributed by atoms with Gasteiger partial charge in [-0.15, -0.1) is 0 Å². The minimum Gasteiger partial charge on any atom is -0.342 e. The first-order valence-electron chi connectivity index (χ1n) is 9.84. The molecular formula is C21H29N5OS. The Kier molecular flexibility index (Phi) is 7.39. The third-order valence-electron chi connectivity index (χ3n) is 5.20.